The highest BCUT2D eigenvalue weighted by atomic mass is 35.5. The van der Waals surface area contributed by atoms with Gasteiger partial charge in [-0.1, -0.05) is 121 Å². The van der Waals surface area contributed by atoms with E-state index in [-0.39, 0.29) is 22.3 Å². The fourth-order valence-electron chi connectivity index (χ4n) is 7.64. The van der Waals surface area contributed by atoms with Crippen LogP contribution in [0, 0.1) is 0 Å². The highest BCUT2D eigenvalue weighted by molar-refractivity contribution is 6.21. The highest BCUT2D eigenvalue weighted by Gasteiger charge is 2.54. The Morgan fingerprint density at radius 3 is 1.90 bits per heavy atom. The molecule has 7 heteroatoms. The van der Waals surface area contributed by atoms with Gasteiger partial charge in [0.1, 0.15) is 23.0 Å². The number of halogens is 2. The molecule has 49 heavy (non-hydrogen) atoms. The van der Waals surface area contributed by atoms with Gasteiger partial charge in [-0.25, -0.2) is 4.79 Å². The molecule has 2 N–H and O–H groups in total. The molecule has 0 aromatic heterocycles. The van der Waals surface area contributed by atoms with Gasteiger partial charge in [-0.05, 0) is 55.5 Å². The monoisotopic (exact) mass is 708 g/mol. The summed E-state index contributed by atoms with van der Waals surface area (Å²) in [5.41, 5.74) is 1.92. The van der Waals surface area contributed by atoms with Crippen LogP contribution in [0.1, 0.15) is 155 Å². The molecule has 3 atom stereocenters. The van der Waals surface area contributed by atoms with Crippen LogP contribution in [-0.4, -0.2) is 26.9 Å². The van der Waals surface area contributed by atoms with E-state index in [4.69, 9.17) is 32.7 Å². The molecule has 3 unspecified atom stereocenters. The molecule has 5 rings (SSSR count). The van der Waals surface area contributed by atoms with Crippen molar-refractivity contribution in [2.75, 3.05) is 0 Å². The third-order valence-corrected chi connectivity index (χ3v) is 11.0. The second-order valence-electron chi connectivity index (χ2n) is 14.1. The Morgan fingerprint density at radius 2 is 1.22 bits per heavy atom. The maximum atomic E-state index is 13.2. The van der Waals surface area contributed by atoms with E-state index in [2.05, 4.69) is 6.92 Å². The molecule has 1 spiro atoms. The van der Waals surface area contributed by atoms with Crippen molar-refractivity contribution >= 4 is 29.2 Å². The van der Waals surface area contributed by atoms with Crippen LogP contribution in [0.4, 0.5) is 0 Å². The summed E-state index contributed by atoms with van der Waals surface area (Å²) in [6.45, 7) is 2.27. The summed E-state index contributed by atoms with van der Waals surface area (Å²) in [4.78, 5) is 13.2. The Labute approximate surface area is 303 Å². The number of ether oxygens (including phenoxy) is 2. The van der Waals surface area contributed by atoms with Crippen molar-refractivity contribution in [2.24, 2.45) is 0 Å². The van der Waals surface area contributed by atoms with E-state index in [9.17, 15) is 15.0 Å². The standard InChI is InChI=1S/C42H54Cl2O5/c1-2-3-4-5-6-7-8-9-10-11-12-13-14-19-31(43)20-15-16-21-32(44)26-30-27-34(46)29-39-40(30)42(37-25-24-33(45)28-38(37)48-39)36-23-18-17-22-35(36)41(47)49-42/h17-18,22-25,27-29,31-32,45-46H,2-16,19-21,26H2,1H3. The van der Waals surface area contributed by atoms with Gasteiger partial charge in [0.05, 0.1) is 11.1 Å². The largest absolute Gasteiger partial charge is 0.508 e. The minimum Gasteiger partial charge on any atom is -0.508 e. The minimum absolute atomic E-state index is 0.0275. The first-order valence-corrected chi connectivity index (χ1v) is 19.7. The smallest absolute Gasteiger partial charge is 0.340 e. The number of phenols is 2. The van der Waals surface area contributed by atoms with Crippen molar-refractivity contribution in [1.29, 1.82) is 0 Å². The molecular formula is C42H54Cl2O5. The number of benzene rings is 3. The van der Waals surface area contributed by atoms with E-state index in [0.29, 0.717) is 40.2 Å². The lowest BCUT2D eigenvalue weighted by Gasteiger charge is -2.38. The van der Waals surface area contributed by atoms with Gasteiger partial charge in [-0.15, -0.1) is 23.2 Å². The predicted octanol–water partition coefficient (Wildman–Crippen LogP) is 12.5. The van der Waals surface area contributed by atoms with E-state index in [1.807, 2.05) is 18.2 Å². The van der Waals surface area contributed by atoms with Crippen LogP contribution in [0.5, 0.6) is 23.0 Å². The molecule has 3 aromatic carbocycles. The zero-order chi connectivity index (χ0) is 34.6. The van der Waals surface area contributed by atoms with E-state index in [1.54, 1.807) is 24.3 Å². The van der Waals surface area contributed by atoms with Crippen LogP contribution in [0.15, 0.2) is 54.6 Å². The molecule has 266 valence electrons. The van der Waals surface area contributed by atoms with Gasteiger partial charge < -0.3 is 19.7 Å². The summed E-state index contributed by atoms with van der Waals surface area (Å²) in [6, 6.07) is 15.4. The van der Waals surface area contributed by atoms with E-state index in [0.717, 1.165) is 37.7 Å². The van der Waals surface area contributed by atoms with Crippen LogP contribution < -0.4 is 4.74 Å². The number of carbonyl (C=O) groups excluding carboxylic acids is 1. The molecule has 0 bridgehead atoms. The first-order valence-electron chi connectivity index (χ1n) is 18.8. The number of aromatic hydroxyl groups is 2. The average molecular weight is 710 g/mol. The molecule has 0 amide bonds. The number of fused-ring (bicyclic) bond motifs is 6. The summed E-state index contributed by atoms with van der Waals surface area (Å²) >= 11 is 13.7. The first-order chi connectivity index (χ1) is 23.8. The van der Waals surface area contributed by atoms with Gasteiger partial charge in [0.25, 0.3) is 0 Å². The van der Waals surface area contributed by atoms with Crippen LogP contribution in [0.25, 0.3) is 0 Å². The van der Waals surface area contributed by atoms with Gasteiger partial charge in [-0.2, -0.15) is 0 Å². The van der Waals surface area contributed by atoms with Gasteiger partial charge >= 0.3 is 5.97 Å². The Morgan fingerprint density at radius 1 is 0.653 bits per heavy atom. The third-order valence-electron chi connectivity index (χ3n) is 10.2. The van der Waals surface area contributed by atoms with Crippen LogP contribution in [0.2, 0.25) is 0 Å². The molecule has 2 aliphatic heterocycles. The Balaban J connectivity index is 1.09. The van der Waals surface area contributed by atoms with Crippen LogP contribution in [-0.2, 0) is 16.8 Å². The summed E-state index contributed by atoms with van der Waals surface area (Å²) < 4.78 is 12.5. The Hall–Kier alpha value is -2.89. The van der Waals surface area contributed by atoms with Gasteiger partial charge in [-0.3, -0.25) is 0 Å². The van der Waals surface area contributed by atoms with E-state index < -0.39 is 11.6 Å². The van der Waals surface area contributed by atoms with Crippen LogP contribution in [0.3, 0.4) is 0 Å². The third kappa shape index (κ3) is 9.47. The lowest BCUT2D eigenvalue weighted by atomic mass is 9.75. The Bertz CT molecular complexity index is 1520. The molecule has 0 saturated heterocycles. The summed E-state index contributed by atoms with van der Waals surface area (Å²) in [7, 11) is 0. The quantitative estimate of drug-likeness (QED) is 0.0654. The lowest BCUT2D eigenvalue weighted by Crippen LogP contribution is -2.34. The topological polar surface area (TPSA) is 76.0 Å². The summed E-state index contributed by atoms with van der Waals surface area (Å²) in [5, 5.41) is 21.0. The van der Waals surface area contributed by atoms with Gasteiger partial charge in [0.2, 0.25) is 0 Å². The maximum absolute atomic E-state index is 13.2. The fraction of sp³-hybridized carbons (Fsp3) is 0.548. The number of hydrogen-bond donors (Lipinski definition) is 2. The van der Waals surface area contributed by atoms with Crippen molar-refractivity contribution in [3.63, 3.8) is 0 Å². The fourth-order valence-corrected chi connectivity index (χ4v) is 8.27. The van der Waals surface area contributed by atoms with Crippen molar-refractivity contribution in [2.45, 2.75) is 145 Å². The zero-order valence-electron chi connectivity index (χ0n) is 29.2. The van der Waals surface area contributed by atoms with Crippen molar-refractivity contribution in [3.05, 3.63) is 82.4 Å². The number of phenolic OH excluding ortho intramolecular Hbond substituents is 2. The molecule has 0 aliphatic carbocycles. The van der Waals surface area contributed by atoms with Gasteiger partial charge in [0.15, 0.2) is 5.60 Å². The van der Waals surface area contributed by atoms with E-state index >= 15 is 0 Å². The molecule has 0 radical (unpaired) electrons. The SMILES string of the molecule is CCCCCCCCCCCCCCCC(Cl)CCCCC(Cl)Cc1cc(O)cc2c1C1(OC(=O)c3ccccc31)c1ccc(O)cc1O2. The van der Waals surface area contributed by atoms with Crippen LogP contribution >= 0.6 is 23.2 Å². The van der Waals surface area contributed by atoms with E-state index in [1.165, 1.54) is 95.6 Å². The zero-order valence-corrected chi connectivity index (χ0v) is 30.7. The number of esters is 1. The number of rotatable bonds is 21. The molecule has 2 aliphatic rings. The Kier molecular flexibility index (Phi) is 14.0. The summed E-state index contributed by atoms with van der Waals surface area (Å²) in [5.74, 6) is 0.371. The second kappa shape index (κ2) is 18.4. The molecule has 5 nitrogen and oxygen atoms in total. The number of hydrogen-bond acceptors (Lipinski definition) is 5. The van der Waals surface area contributed by atoms with Crippen molar-refractivity contribution < 1.29 is 24.5 Å². The first kappa shape index (κ1) is 37.4. The molecule has 2 heterocycles. The van der Waals surface area contributed by atoms with Gasteiger partial charge in [0, 0.05) is 34.0 Å². The lowest BCUT2D eigenvalue weighted by molar-refractivity contribution is 0.0221. The number of carbonyl (C=O) groups is 1. The average Bonchev–Trinajstić information content (AvgIpc) is 3.36. The minimum atomic E-state index is -1.29. The maximum Gasteiger partial charge on any atom is 0.340 e. The molecular weight excluding hydrogens is 655 g/mol. The number of alkyl halides is 2. The molecule has 0 saturated carbocycles. The van der Waals surface area contributed by atoms with Crippen molar-refractivity contribution in [3.8, 4) is 23.0 Å². The summed E-state index contributed by atoms with van der Waals surface area (Å²) in [6.07, 6.45) is 22.9. The molecule has 3 aromatic rings. The number of unbranched alkanes of at least 4 members (excludes halogenated alkanes) is 13. The second-order valence-corrected chi connectivity index (χ2v) is 15.3. The normalized spacial score (nSPS) is 17.2. The van der Waals surface area contributed by atoms with Crippen molar-refractivity contribution in [1.82, 2.24) is 0 Å². The molecule has 0 fully saturated rings. The highest BCUT2D eigenvalue weighted by Crippen LogP contribution is 2.58. The predicted molar refractivity (Wildman–Crippen MR) is 200 cm³/mol.